The number of halogens is 6. The molecule has 3 atom stereocenters. The van der Waals surface area contributed by atoms with Gasteiger partial charge in [-0.2, -0.15) is 26.3 Å². The fourth-order valence-electron chi connectivity index (χ4n) is 5.82. The average Bonchev–Trinajstić information content (AvgIpc) is 2.97. The lowest BCUT2D eigenvalue weighted by Crippen LogP contribution is -2.68. The molecule has 3 aromatic rings. The monoisotopic (exact) mass is 662 g/mol. The number of nitrogens with zero attached hydrogens (tertiary/aromatic N) is 1. The third-order valence-corrected chi connectivity index (χ3v) is 8.04. The third kappa shape index (κ3) is 8.47. The van der Waals surface area contributed by atoms with E-state index in [1.807, 2.05) is 26.0 Å². The molecule has 0 aliphatic carbocycles. The van der Waals surface area contributed by atoms with E-state index < -0.39 is 82.4 Å². The number of hydrogen-bond donors (Lipinski definition) is 1. The first-order chi connectivity index (χ1) is 21.8. The number of piperazine rings is 1. The van der Waals surface area contributed by atoms with Gasteiger partial charge in [-0.1, -0.05) is 54.6 Å². The molecule has 12 heteroatoms. The van der Waals surface area contributed by atoms with E-state index in [-0.39, 0.29) is 13.0 Å². The van der Waals surface area contributed by atoms with E-state index in [1.54, 1.807) is 26.8 Å². The smallest absolute Gasteiger partial charge is 0.417 e. The number of hydrogen-bond acceptors (Lipinski definition) is 6. The van der Waals surface area contributed by atoms with Crippen LogP contribution in [0.25, 0.3) is 0 Å². The maximum atomic E-state index is 14.4. The second-order valence-electron chi connectivity index (χ2n) is 12.7. The van der Waals surface area contributed by atoms with Crippen molar-refractivity contribution >= 4 is 17.5 Å². The van der Waals surface area contributed by atoms with Gasteiger partial charge < -0.3 is 10.1 Å². The molecule has 1 N–H and O–H groups in total. The third-order valence-electron chi connectivity index (χ3n) is 8.04. The summed E-state index contributed by atoms with van der Waals surface area (Å²) >= 11 is 0. The second-order valence-corrected chi connectivity index (χ2v) is 12.7. The molecular weight excluding hydrogens is 626 g/mol. The number of carbonyl (C=O) groups is 3. The number of rotatable bonds is 8. The average molecular weight is 663 g/mol. The zero-order valence-electron chi connectivity index (χ0n) is 26.6. The molecule has 1 heterocycles. The highest BCUT2D eigenvalue weighted by molar-refractivity contribution is 6.05. The van der Waals surface area contributed by atoms with E-state index in [1.165, 1.54) is 12.1 Å². The van der Waals surface area contributed by atoms with Crippen molar-refractivity contribution in [3.63, 3.8) is 0 Å². The molecule has 3 unspecified atom stereocenters. The number of Topliss-reactive ketones (excluding diaryl/α,β-unsaturated/α-hetero) is 2. The molecule has 0 radical (unpaired) electrons. The number of carbonyl (C=O) groups excluding carboxylic acids is 3. The van der Waals surface area contributed by atoms with Crippen LogP contribution < -0.4 is 5.32 Å². The number of nitrogens with one attached hydrogen (secondary N) is 1. The predicted octanol–water partition coefficient (Wildman–Crippen LogP) is 7.00. The number of alkyl halides is 6. The lowest BCUT2D eigenvalue weighted by molar-refractivity contribution is -0.157. The molecule has 4 rings (SSSR count). The van der Waals surface area contributed by atoms with Crippen LogP contribution in [-0.4, -0.2) is 59.3 Å². The zero-order chi connectivity index (χ0) is 34.9. The molecule has 1 fully saturated rings. The Kier molecular flexibility index (Phi) is 10.4. The number of benzene rings is 3. The lowest BCUT2D eigenvalue weighted by Gasteiger charge is -2.45. The normalized spacial score (nSPS) is 19.3. The van der Waals surface area contributed by atoms with Crippen molar-refractivity contribution in [2.24, 2.45) is 0 Å². The summed E-state index contributed by atoms with van der Waals surface area (Å²) in [6.07, 6.45) is -9.73. The summed E-state index contributed by atoms with van der Waals surface area (Å²) in [5.41, 5.74) is -2.23. The Morgan fingerprint density at radius 1 is 0.787 bits per heavy atom. The van der Waals surface area contributed by atoms with E-state index >= 15 is 0 Å². The Morgan fingerprint density at radius 3 is 1.83 bits per heavy atom. The van der Waals surface area contributed by atoms with Gasteiger partial charge in [-0.05, 0) is 69.9 Å². The van der Waals surface area contributed by atoms with Crippen LogP contribution in [0.3, 0.4) is 0 Å². The van der Waals surface area contributed by atoms with Gasteiger partial charge in [0.15, 0.2) is 11.6 Å². The molecule has 1 aliphatic rings. The zero-order valence-corrected chi connectivity index (χ0v) is 26.6. The second kappa shape index (κ2) is 13.6. The first kappa shape index (κ1) is 35.8. The van der Waals surface area contributed by atoms with Gasteiger partial charge in [-0.3, -0.25) is 19.3 Å². The van der Waals surface area contributed by atoms with Gasteiger partial charge in [-0.25, -0.2) is 0 Å². The van der Waals surface area contributed by atoms with E-state index in [4.69, 9.17) is 4.74 Å². The van der Waals surface area contributed by atoms with Crippen molar-refractivity contribution in [3.05, 3.63) is 106 Å². The van der Waals surface area contributed by atoms with E-state index in [9.17, 15) is 40.7 Å². The first-order valence-electron chi connectivity index (χ1n) is 15.0. The summed E-state index contributed by atoms with van der Waals surface area (Å²) < 4.78 is 89.9. The molecule has 0 aromatic heterocycles. The summed E-state index contributed by atoms with van der Waals surface area (Å²) in [5.74, 6) is -3.02. The summed E-state index contributed by atoms with van der Waals surface area (Å²) in [6, 6.07) is 9.68. The Bertz CT molecular complexity index is 1640. The molecule has 0 spiro atoms. The van der Waals surface area contributed by atoms with E-state index in [0.29, 0.717) is 0 Å². The highest BCUT2D eigenvalue weighted by Gasteiger charge is 2.48. The van der Waals surface area contributed by atoms with Crippen LogP contribution in [0.2, 0.25) is 0 Å². The Balaban J connectivity index is 1.90. The van der Waals surface area contributed by atoms with Crippen LogP contribution in [0.4, 0.5) is 26.3 Å². The molecule has 1 aliphatic heterocycles. The Morgan fingerprint density at radius 2 is 1.32 bits per heavy atom. The van der Waals surface area contributed by atoms with Crippen molar-refractivity contribution in [1.82, 2.24) is 10.2 Å². The van der Waals surface area contributed by atoms with Gasteiger partial charge in [0, 0.05) is 23.7 Å². The van der Waals surface area contributed by atoms with Crippen LogP contribution >= 0.6 is 0 Å². The molecule has 47 heavy (non-hydrogen) atoms. The largest absolute Gasteiger partial charge is 0.459 e. The van der Waals surface area contributed by atoms with Gasteiger partial charge >= 0.3 is 18.3 Å². The van der Waals surface area contributed by atoms with Crippen LogP contribution in [0, 0.1) is 13.8 Å². The lowest BCUT2D eigenvalue weighted by atomic mass is 9.84. The van der Waals surface area contributed by atoms with Crippen molar-refractivity contribution in [3.8, 4) is 0 Å². The number of aryl methyl sites for hydroxylation is 2. The van der Waals surface area contributed by atoms with Gasteiger partial charge in [0.05, 0.1) is 29.8 Å². The molecular formula is C35H36F6N2O4. The van der Waals surface area contributed by atoms with Crippen molar-refractivity contribution in [2.45, 2.75) is 77.1 Å². The van der Waals surface area contributed by atoms with E-state index in [0.717, 1.165) is 58.0 Å². The standard InChI is InChI=1S/C35H36F6N2O4/c1-20-14-15-22(16-21(20)2)17-27-30(32(46)24-11-7-9-13-26(24)35(39,40)41)43(19-29(44)47-33(3,4)5)28(18-42-27)31(45)23-10-6-8-12-25(23)34(36,37)38/h6-16,27-28,30,42H,17-19H2,1-5H3. The van der Waals surface area contributed by atoms with E-state index in [2.05, 4.69) is 5.32 Å². The van der Waals surface area contributed by atoms with Crippen molar-refractivity contribution < 1.29 is 45.5 Å². The Hall–Kier alpha value is -4.03. The fourth-order valence-corrected chi connectivity index (χ4v) is 5.82. The van der Waals surface area contributed by atoms with Crippen LogP contribution in [-0.2, 0) is 28.3 Å². The van der Waals surface area contributed by atoms with Crippen molar-refractivity contribution in [2.75, 3.05) is 13.1 Å². The maximum absolute atomic E-state index is 14.4. The highest BCUT2D eigenvalue weighted by atomic mass is 19.4. The molecule has 1 saturated heterocycles. The molecule has 0 amide bonds. The summed E-state index contributed by atoms with van der Waals surface area (Å²) in [5, 5.41) is 3.07. The topological polar surface area (TPSA) is 75.7 Å². The van der Waals surface area contributed by atoms with Crippen LogP contribution in [0.1, 0.15) is 69.3 Å². The first-order valence-corrected chi connectivity index (χ1v) is 15.0. The van der Waals surface area contributed by atoms with Gasteiger partial charge in [-0.15, -0.1) is 0 Å². The molecule has 0 bridgehead atoms. The Labute approximate surface area is 269 Å². The molecule has 6 nitrogen and oxygen atoms in total. The number of ketones is 2. The quantitative estimate of drug-likeness (QED) is 0.159. The number of ether oxygens (including phenoxy) is 1. The van der Waals surface area contributed by atoms with Crippen molar-refractivity contribution in [1.29, 1.82) is 0 Å². The van der Waals surface area contributed by atoms with Gasteiger partial charge in [0.1, 0.15) is 5.60 Å². The minimum atomic E-state index is -4.92. The fraction of sp³-hybridized carbons (Fsp3) is 0.400. The summed E-state index contributed by atoms with van der Waals surface area (Å²) in [6.45, 7) is 7.46. The summed E-state index contributed by atoms with van der Waals surface area (Å²) in [7, 11) is 0. The molecule has 252 valence electrons. The van der Waals surface area contributed by atoms with Crippen LogP contribution in [0.15, 0.2) is 66.7 Å². The highest BCUT2D eigenvalue weighted by Crippen LogP contribution is 2.36. The maximum Gasteiger partial charge on any atom is 0.417 e. The molecule has 3 aromatic carbocycles. The minimum absolute atomic E-state index is 0.0938. The van der Waals surface area contributed by atoms with Gasteiger partial charge in [0.25, 0.3) is 0 Å². The number of esters is 1. The SMILES string of the molecule is Cc1ccc(CC2NCC(C(=O)c3ccccc3C(F)(F)F)N(CC(=O)OC(C)(C)C)C2C(=O)c2ccccc2C(F)(F)F)cc1C. The van der Waals surface area contributed by atoms with Gasteiger partial charge in [0.2, 0.25) is 0 Å². The van der Waals surface area contributed by atoms with Crippen LogP contribution in [0.5, 0.6) is 0 Å². The minimum Gasteiger partial charge on any atom is -0.459 e. The molecule has 0 saturated carbocycles. The summed E-state index contributed by atoms with van der Waals surface area (Å²) in [4.78, 5) is 42.7. The predicted molar refractivity (Wildman–Crippen MR) is 163 cm³/mol.